The number of carbonyl (C=O) groups excluding carboxylic acids is 1. The molecule has 1 saturated heterocycles. The lowest BCUT2D eigenvalue weighted by atomic mass is 10.0. The van der Waals surface area contributed by atoms with E-state index >= 15 is 0 Å². The van der Waals surface area contributed by atoms with Crippen LogP contribution in [0.3, 0.4) is 0 Å². The summed E-state index contributed by atoms with van der Waals surface area (Å²) in [5.41, 5.74) is 5.91. The molecule has 2 N–H and O–H groups in total. The molecule has 0 aliphatic carbocycles. The van der Waals surface area contributed by atoms with Crippen molar-refractivity contribution in [3.8, 4) is 0 Å². The van der Waals surface area contributed by atoms with Crippen molar-refractivity contribution in [1.29, 1.82) is 0 Å². The first-order valence-electron chi connectivity index (χ1n) is 7.34. The van der Waals surface area contributed by atoms with Crippen LogP contribution in [0.2, 0.25) is 0 Å². The highest BCUT2D eigenvalue weighted by Crippen LogP contribution is 2.16. The van der Waals surface area contributed by atoms with Gasteiger partial charge < -0.3 is 15.5 Å². The molecular weight excluding hydrogens is 226 g/mol. The molecule has 1 fully saturated rings. The van der Waals surface area contributed by atoms with Gasteiger partial charge in [0.1, 0.15) is 0 Å². The van der Waals surface area contributed by atoms with Gasteiger partial charge in [0.25, 0.3) is 0 Å². The van der Waals surface area contributed by atoms with E-state index in [4.69, 9.17) is 5.73 Å². The van der Waals surface area contributed by atoms with Gasteiger partial charge >= 0.3 is 0 Å². The van der Waals surface area contributed by atoms with Crippen molar-refractivity contribution in [2.75, 3.05) is 26.7 Å². The topological polar surface area (TPSA) is 49.6 Å². The number of piperidine rings is 1. The summed E-state index contributed by atoms with van der Waals surface area (Å²) in [5.74, 6) is 0.116. The van der Waals surface area contributed by atoms with Crippen LogP contribution in [0.15, 0.2) is 0 Å². The van der Waals surface area contributed by atoms with Crippen molar-refractivity contribution in [2.24, 2.45) is 5.73 Å². The van der Waals surface area contributed by atoms with E-state index in [1.807, 2.05) is 11.9 Å². The molecule has 0 unspecified atom stereocenters. The molecule has 4 nitrogen and oxygen atoms in total. The van der Waals surface area contributed by atoms with E-state index in [1.54, 1.807) is 0 Å². The molecule has 0 aromatic carbocycles. The van der Waals surface area contributed by atoms with Crippen LogP contribution in [0.1, 0.15) is 46.0 Å². The van der Waals surface area contributed by atoms with Crippen LogP contribution < -0.4 is 5.73 Å². The summed E-state index contributed by atoms with van der Waals surface area (Å²) in [7, 11) is 1.91. The lowest BCUT2D eigenvalue weighted by molar-refractivity contribution is -0.134. The molecule has 1 rings (SSSR count). The van der Waals surface area contributed by atoms with Gasteiger partial charge in [0.05, 0.1) is 6.04 Å². The standard InChI is InChI=1S/C14H29N3O/c1-4-6-13(15)14(18)16(3)12-7-10-17(9-5-2)11-8-12/h12-13H,4-11,15H2,1-3H3/t13-/m1/s1. The predicted molar refractivity (Wildman–Crippen MR) is 75.4 cm³/mol. The second-order valence-electron chi connectivity index (χ2n) is 5.42. The van der Waals surface area contributed by atoms with Gasteiger partial charge in [-0.05, 0) is 32.2 Å². The van der Waals surface area contributed by atoms with Crippen molar-refractivity contribution in [3.05, 3.63) is 0 Å². The SMILES string of the molecule is CCC[C@@H](N)C(=O)N(C)C1CCN(CCC)CC1. The van der Waals surface area contributed by atoms with E-state index in [1.165, 1.54) is 13.0 Å². The van der Waals surface area contributed by atoms with Crippen LogP contribution in [0.25, 0.3) is 0 Å². The summed E-state index contributed by atoms with van der Waals surface area (Å²) in [6.45, 7) is 7.68. The van der Waals surface area contributed by atoms with Gasteiger partial charge in [0, 0.05) is 26.2 Å². The maximum absolute atomic E-state index is 12.1. The van der Waals surface area contributed by atoms with Crippen molar-refractivity contribution in [3.63, 3.8) is 0 Å². The first-order chi connectivity index (χ1) is 8.60. The largest absolute Gasteiger partial charge is 0.341 e. The second-order valence-corrected chi connectivity index (χ2v) is 5.42. The van der Waals surface area contributed by atoms with E-state index in [0.717, 1.165) is 38.8 Å². The Morgan fingerprint density at radius 2 is 1.94 bits per heavy atom. The highest BCUT2D eigenvalue weighted by atomic mass is 16.2. The lowest BCUT2D eigenvalue weighted by Crippen LogP contribution is -2.50. The number of carbonyl (C=O) groups is 1. The molecule has 4 heteroatoms. The molecule has 1 atom stereocenters. The summed E-state index contributed by atoms with van der Waals surface area (Å²) >= 11 is 0. The maximum atomic E-state index is 12.1. The summed E-state index contributed by atoms with van der Waals surface area (Å²) in [6.07, 6.45) is 5.14. The third-order valence-electron chi connectivity index (χ3n) is 3.91. The molecule has 18 heavy (non-hydrogen) atoms. The second kappa shape index (κ2) is 7.74. The number of amides is 1. The van der Waals surface area contributed by atoms with Gasteiger partial charge in [-0.3, -0.25) is 4.79 Å². The maximum Gasteiger partial charge on any atom is 0.239 e. The quantitative estimate of drug-likeness (QED) is 0.781. The normalized spacial score (nSPS) is 19.8. The molecule has 0 aromatic heterocycles. The zero-order valence-corrected chi connectivity index (χ0v) is 12.2. The van der Waals surface area contributed by atoms with Crippen LogP contribution in [0.4, 0.5) is 0 Å². The van der Waals surface area contributed by atoms with E-state index in [-0.39, 0.29) is 11.9 Å². The van der Waals surface area contributed by atoms with E-state index in [2.05, 4.69) is 18.7 Å². The van der Waals surface area contributed by atoms with Crippen molar-refractivity contribution in [1.82, 2.24) is 9.80 Å². The Morgan fingerprint density at radius 3 is 2.44 bits per heavy atom. The average Bonchev–Trinajstić information content (AvgIpc) is 2.38. The highest BCUT2D eigenvalue weighted by molar-refractivity contribution is 5.81. The molecule has 1 amide bonds. The van der Waals surface area contributed by atoms with Gasteiger partial charge in [-0.1, -0.05) is 20.3 Å². The van der Waals surface area contributed by atoms with Crippen LogP contribution >= 0.6 is 0 Å². The minimum atomic E-state index is -0.311. The number of hydrogen-bond donors (Lipinski definition) is 1. The number of likely N-dealkylation sites (N-methyl/N-ethyl adjacent to an activating group) is 1. The molecule has 0 aromatic rings. The van der Waals surface area contributed by atoms with Crippen LogP contribution in [0, 0.1) is 0 Å². The van der Waals surface area contributed by atoms with E-state index in [9.17, 15) is 4.79 Å². The Hall–Kier alpha value is -0.610. The Balaban J connectivity index is 2.39. The Bertz CT molecular complexity index is 249. The third kappa shape index (κ3) is 4.25. The molecule has 0 spiro atoms. The van der Waals surface area contributed by atoms with Crippen molar-refractivity contribution in [2.45, 2.75) is 58.0 Å². The van der Waals surface area contributed by atoms with Crippen molar-refractivity contribution < 1.29 is 4.79 Å². The first kappa shape index (κ1) is 15.4. The van der Waals surface area contributed by atoms with Gasteiger partial charge in [-0.15, -0.1) is 0 Å². The molecule has 1 aliphatic rings. The number of likely N-dealkylation sites (tertiary alicyclic amines) is 1. The summed E-state index contributed by atoms with van der Waals surface area (Å²) < 4.78 is 0. The van der Waals surface area contributed by atoms with Crippen LogP contribution in [-0.4, -0.2) is 54.5 Å². The predicted octanol–water partition coefficient (Wildman–Crippen LogP) is 1.45. The molecule has 0 saturated carbocycles. The molecule has 106 valence electrons. The minimum absolute atomic E-state index is 0.116. The fourth-order valence-electron chi connectivity index (χ4n) is 2.72. The Morgan fingerprint density at radius 1 is 1.33 bits per heavy atom. The molecule has 0 radical (unpaired) electrons. The molecule has 1 aliphatic heterocycles. The number of rotatable bonds is 6. The van der Waals surface area contributed by atoms with E-state index < -0.39 is 0 Å². The van der Waals surface area contributed by atoms with Crippen LogP contribution in [0.5, 0.6) is 0 Å². The van der Waals surface area contributed by atoms with Crippen LogP contribution in [-0.2, 0) is 4.79 Å². The van der Waals surface area contributed by atoms with Gasteiger partial charge in [0.15, 0.2) is 0 Å². The van der Waals surface area contributed by atoms with Crippen molar-refractivity contribution >= 4 is 5.91 Å². The first-order valence-corrected chi connectivity index (χ1v) is 7.34. The van der Waals surface area contributed by atoms with Gasteiger partial charge in [-0.25, -0.2) is 0 Å². The Labute approximate surface area is 111 Å². The number of hydrogen-bond acceptors (Lipinski definition) is 3. The molecule has 1 heterocycles. The minimum Gasteiger partial charge on any atom is -0.341 e. The summed E-state index contributed by atoms with van der Waals surface area (Å²) in [4.78, 5) is 16.5. The fraction of sp³-hybridized carbons (Fsp3) is 0.929. The number of nitrogens with two attached hydrogens (primary N) is 1. The fourth-order valence-corrected chi connectivity index (χ4v) is 2.72. The third-order valence-corrected chi connectivity index (χ3v) is 3.91. The monoisotopic (exact) mass is 255 g/mol. The summed E-state index contributed by atoms with van der Waals surface area (Å²) in [5, 5.41) is 0. The zero-order chi connectivity index (χ0) is 13.5. The number of nitrogens with zero attached hydrogens (tertiary/aromatic N) is 2. The lowest BCUT2D eigenvalue weighted by Gasteiger charge is -2.37. The molecule has 0 bridgehead atoms. The zero-order valence-electron chi connectivity index (χ0n) is 12.2. The Kier molecular flexibility index (Phi) is 6.65. The highest BCUT2D eigenvalue weighted by Gasteiger charge is 2.27. The average molecular weight is 255 g/mol. The smallest absolute Gasteiger partial charge is 0.239 e. The van der Waals surface area contributed by atoms with Gasteiger partial charge in [-0.2, -0.15) is 0 Å². The summed E-state index contributed by atoms with van der Waals surface area (Å²) in [6, 6.07) is 0.0715. The van der Waals surface area contributed by atoms with Gasteiger partial charge in [0.2, 0.25) is 5.91 Å². The van der Waals surface area contributed by atoms with E-state index in [0.29, 0.717) is 6.04 Å². The molecular formula is C14H29N3O.